The molecule has 0 aliphatic carbocycles. The topological polar surface area (TPSA) is 26.0 Å². The van der Waals surface area contributed by atoms with E-state index < -0.39 is 0 Å². The maximum Gasteiger partial charge on any atom is 0.0450 e. The summed E-state index contributed by atoms with van der Waals surface area (Å²) >= 11 is 7.82. The van der Waals surface area contributed by atoms with Gasteiger partial charge < -0.3 is 5.73 Å². The van der Waals surface area contributed by atoms with Crippen molar-refractivity contribution in [3.8, 4) is 0 Å². The summed E-state index contributed by atoms with van der Waals surface area (Å²) in [5.41, 5.74) is 7.46. The Bertz CT molecular complexity index is 310. The Morgan fingerprint density at radius 1 is 1.25 bits per heavy atom. The first-order valence-corrected chi connectivity index (χ1v) is 7.03. The van der Waals surface area contributed by atoms with Gasteiger partial charge in [-0.2, -0.15) is 0 Å². The maximum absolute atomic E-state index is 6.18. The quantitative estimate of drug-likeness (QED) is 0.853. The molecule has 0 amide bonds. The standard InChI is InChI=1S/C13H20ClNS/c1-4-12(15)13(16-9(2)3)10-5-7-11(14)8-6-10/h5-9,12-13H,4,15H2,1-3H3. The van der Waals surface area contributed by atoms with Gasteiger partial charge >= 0.3 is 0 Å². The lowest BCUT2D eigenvalue weighted by Gasteiger charge is -2.24. The molecule has 0 aliphatic rings. The summed E-state index contributed by atoms with van der Waals surface area (Å²) < 4.78 is 0. The summed E-state index contributed by atoms with van der Waals surface area (Å²) in [4.78, 5) is 0. The van der Waals surface area contributed by atoms with Gasteiger partial charge in [0.15, 0.2) is 0 Å². The summed E-state index contributed by atoms with van der Waals surface area (Å²) in [5, 5.41) is 1.72. The molecular weight excluding hydrogens is 238 g/mol. The molecule has 1 rings (SSSR count). The molecule has 0 bridgehead atoms. The molecule has 0 saturated carbocycles. The monoisotopic (exact) mass is 257 g/mol. The molecule has 0 saturated heterocycles. The van der Waals surface area contributed by atoms with Crippen molar-refractivity contribution in [1.29, 1.82) is 0 Å². The predicted octanol–water partition coefficient (Wildman–Crippen LogP) is 4.26. The van der Waals surface area contributed by atoms with Crippen LogP contribution in [-0.2, 0) is 0 Å². The third-order valence-corrected chi connectivity index (χ3v) is 4.19. The highest BCUT2D eigenvalue weighted by Crippen LogP contribution is 2.35. The minimum atomic E-state index is 0.202. The van der Waals surface area contributed by atoms with Crippen LogP contribution in [-0.4, -0.2) is 11.3 Å². The number of benzene rings is 1. The Kier molecular flexibility index (Phi) is 5.67. The van der Waals surface area contributed by atoms with Crippen molar-refractivity contribution >= 4 is 23.4 Å². The highest BCUT2D eigenvalue weighted by atomic mass is 35.5. The van der Waals surface area contributed by atoms with E-state index in [0.29, 0.717) is 10.5 Å². The van der Waals surface area contributed by atoms with Gasteiger partial charge in [-0.05, 0) is 29.4 Å². The summed E-state index contributed by atoms with van der Waals surface area (Å²) in [6.45, 7) is 6.54. The lowest BCUT2D eigenvalue weighted by Crippen LogP contribution is -2.26. The molecule has 0 spiro atoms. The fourth-order valence-corrected chi connectivity index (χ4v) is 3.01. The number of thioether (sulfide) groups is 1. The van der Waals surface area contributed by atoms with Crippen LogP contribution in [0, 0.1) is 0 Å². The second kappa shape index (κ2) is 6.53. The molecule has 0 heterocycles. The molecule has 1 aromatic carbocycles. The number of hydrogen-bond acceptors (Lipinski definition) is 2. The van der Waals surface area contributed by atoms with Crippen molar-refractivity contribution in [2.45, 2.75) is 43.7 Å². The minimum Gasteiger partial charge on any atom is -0.326 e. The third-order valence-electron chi connectivity index (χ3n) is 2.48. The first-order valence-electron chi connectivity index (χ1n) is 5.71. The first-order chi connectivity index (χ1) is 7.54. The summed E-state index contributed by atoms with van der Waals surface area (Å²) in [5.74, 6) is 0. The smallest absolute Gasteiger partial charge is 0.0450 e. The van der Waals surface area contributed by atoms with Crippen molar-refractivity contribution in [3.05, 3.63) is 34.9 Å². The third kappa shape index (κ3) is 4.00. The van der Waals surface area contributed by atoms with Crippen LogP contribution >= 0.6 is 23.4 Å². The number of hydrogen-bond donors (Lipinski definition) is 1. The SMILES string of the molecule is CCC(N)C(SC(C)C)c1ccc(Cl)cc1. The van der Waals surface area contributed by atoms with Gasteiger partial charge in [0, 0.05) is 16.3 Å². The van der Waals surface area contributed by atoms with E-state index in [1.807, 2.05) is 23.9 Å². The Morgan fingerprint density at radius 2 is 1.81 bits per heavy atom. The second-order valence-electron chi connectivity index (χ2n) is 4.23. The number of nitrogens with two attached hydrogens (primary N) is 1. The molecular formula is C13H20ClNS. The van der Waals surface area contributed by atoms with Crippen molar-refractivity contribution in [2.75, 3.05) is 0 Å². The average Bonchev–Trinajstić information content (AvgIpc) is 2.26. The Balaban J connectivity index is 2.87. The van der Waals surface area contributed by atoms with E-state index in [0.717, 1.165) is 11.4 Å². The van der Waals surface area contributed by atoms with E-state index in [4.69, 9.17) is 17.3 Å². The molecule has 2 unspecified atom stereocenters. The molecule has 2 N–H and O–H groups in total. The molecule has 0 radical (unpaired) electrons. The van der Waals surface area contributed by atoms with Crippen LogP contribution in [0.2, 0.25) is 5.02 Å². The average molecular weight is 258 g/mol. The molecule has 1 nitrogen and oxygen atoms in total. The largest absolute Gasteiger partial charge is 0.326 e. The van der Waals surface area contributed by atoms with Gasteiger partial charge in [-0.3, -0.25) is 0 Å². The Labute approximate surface area is 108 Å². The molecule has 0 fully saturated rings. The highest BCUT2D eigenvalue weighted by molar-refractivity contribution is 8.00. The zero-order chi connectivity index (χ0) is 12.1. The first kappa shape index (κ1) is 13.9. The molecule has 16 heavy (non-hydrogen) atoms. The van der Waals surface area contributed by atoms with Crippen molar-refractivity contribution < 1.29 is 0 Å². The zero-order valence-electron chi connectivity index (χ0n) is 10.1. The van der Waals surface area contributed by atoms with E-state index in [-0.39, 0.29) is 6.04 Å². The highest BCUT2D eigenvalue weighted by Gasteiger charge is 2.20. The van der Waals surface area contributed by atoms with Crippen molar-refractivity contribution in [1.82, 2.24) is 0 Å². The summed E-state index contributed by atoms with van der Waals surface area (Å²) in [6.07, 6.45) is 0.993. The number of halogens is 1. The van der Waals surface area contributed by atoms with Crippen LogP contribution < -0.4 is 5.73 Å². The molecule has 3 heteroatoms. The van der Waals surface area contributed by atoms with E-state index >= 15 is 0 Å². The van der Waals surface area contributed by atoms with E-state index in [9.17, 15) is 0 Å². The minimum absolute atomic E-state index is 0.202. The van der Waals surface area contributed by atoms with Crippen molar-refractivity contribution in [3.63, 3.8) is 0 Å². The Morgan fingerprint density at radius 3 is 2.25 bits per heavy atom. The van der Waals surface area contributed by atoms with Crippen LogP contribution in [0.25, 0.3) is 0 Å². The van der Waals surface area contributed by atoms with Gasteiger partial charge in [0.25, 0.3) is 0 Å². The summed E-state index contributed by atoms with van der Waals surface area (Å²) in [6, 6.07) is 8.24. The predicted molar refractivity (Wildman–Crippen MR) is 75.2 cm³/mol. The van der Waals surface area contributed by atoms with Gasteiger partial charge in [0.05, 0.1) is 0 Å². The summed E-state index contributed by atoms with van der Waals surface area (Å²) in [7, 11) is 0. The normalized spacial score (nSPS) is 15.1. The van der Waals surface area contributed by atoms with E-state index in [1.54, 1.807) is 0 Å². The van der Waals surface area contributed by atoms with Gasteiger partial charge in [-0.25, -0.2) is 0 Å². The van der Waals surface area contributed by atoms with Crippen LogP contribution in [0.15, 0.2) is 24.3 Å². The second-order valence-corrected chi connectivity index (χ2v) is 6.39. The van der Waals surface area contributed by atoms with Crippen LogP contribution in [0.1, 0.15) is 38.0 Å². The van der Waals surface area contributed by atoms with Gasteiger partial charge in [-0.15, -0.1) is 11.8 Å². The van der Waals surface area contributed by atoms with E-state index in [1.165, 1.54) is 5.56 Å². The fourth-order valence-electron chi connectivity index (χ4n) is 1.59. The lowest BCUT2D eigenvalue weighted by molar-refractivity contribution is 0.632. The van der Waals surface area contributed by atoms with Gasteiger partial charge in [0.1, 0.15) is 0 Å². The zero-order valence-corrected chi connectivity index (χ0v) is 11.7. The van der Waals surface area contributed by atoms with Gasteiger partial charge in [-0.1, -0.05) is 44.5 Å². The maximum atomic E-state index is 6.18. The molecule has 0 aliphatic heterocycles. The van der Waals surface area contributed by atoms with Gasteiger partial charge in [0.2, 0.25) is 0 Å². The van der Waals surface area contributed by atoms with Crippen molar-refractivity contribution in [2.24, 2.45) is 5.73 Å². The fraction of sp³-hybridized carbons (Fsp3) is 0.538. The molecule has 2 atom stereocenters. The molecule has 1 aromatic rings. The van der Waals surface area contributed by atoms with E-state index in [2.05, 4.69) is 32.9 Å². The molecule has 90 valence electrons. The number of rotatable bonds is 5. The van der Waals surface area contributed by atoms with Crippen LogP contribution in [0.3, 0.4) is 0 Å². The van der Waals surface area contributed by atoms with Crippen LogP contribution in [0.4, 0.5) is 0 Å². The van der Waals surface area contributed by atoms with Crippen LogP contribution in [0.5, 0.6) is 0 Å². The molecule has 0 aromatic heterocycles. The lowest BCUT2D eigenvalue weighted by atomic mass is 10.0. The Hall–Kier alpha value is -0.180.